The van der Waals surface area contributed by atoms with Gasteiger partial charge in [0.25, 0.3) is 0 Å². The SMILES string of the molecule is Cc1ccc(-c2c(C)c3cc(OCc4ccccc4)ccc3n2Cc2ccc(OCCBr)cc2)cc1. The molecule has 3 nitrogen and oxygen atoms in total. The predicted octanol–water partition coefficient (Wildman–Crippen LogP) is 8.33. The molecule has 182 valence electrons. The molecule has 1 aromatic heterocycles. The Morgan fingerprint density at radius 1 is 0.722 bits per heavy atom. The molecular weight excluding hydrogens is 510 g/mol. The molecule has 0 aliphatic rings. The quantitative estimate of drug-likeness (QED) is 0.176. The van der Waals surface area contributed by atoms with Crippen molar-refractivity contribution < 1.29 is 9.47 Å². The molecule has 0 aliphatic carbocycles. The van der Waals surface area contributed by atoms with Crippen LogP contribution in [0.3, 0.4) is 0 Å². The van der Waals surface area contributed by atoms with E-state index in [2.05, 4.69) is 113 Å². The maximum Gasteiger partial charge on any atom is 0.120 e. The zero-order chi connectivity index (χ0) is 24.9. The van der Waals surface area contributed by atoms with Gasteiger partial charge in [-0.05, 0) is 66.4 Å². The van der Waals surface area contributed by atoms with Gasteiger partial charge in [0.05, 0.1) is 12.3 Å². The molecule has 0 radical (unpaired) electrons. The van der Waals surface area contributed by atoms with Crippen LogP contribution in [0.2, 0.25) is 0 Å². The molecule has 0 aliphatic heterocycles. The molecule has 0 saturated heterocycles. The first kappa shape index (κ1) is 24.2. The van der Waals surface area contributed by atoms with E-state index in [0.717, 1.165) is 28.9 Å². The lowest BCUT2D eigenvalue weighted by Crippen LogP contribution is -2.03. The van der Waals surface area contributed by atoms with Gasteiger partial charge in [-0.1, -0.05) is 88.2 Å². The number of nitrogens with zero attached hydrogens (tertiary/aromatic N) is 1. The monoisotopic (exact) mass is 539 g/mol. The van der Waals surface area contributed by atoms with Crippen molar-refractivity contribution in [3.63, 3.8) is 0 Å². The standard InChI is InChI=1S/C32H30BrNO2/c1-23-8-12-27(13-9-23)32-24(2)30-20-29(36-22-26-6-4-3-5-7-26)16-17-31(30)34(32)21-25-10-14-28(15-11-25)35-19-18-33/h3-17,20H,18-19,21-22H2,1-2H3. The van der Waals surface area contributed by atoms with Gasteiger partial charge in [0.15, 0.2) is 0 Å². The summed E-state index contributed by atoms with van der Waals surface area (Å²) in [5, 5.41) is 2.04. The fourth-order valence-electron chi connectivity index (χ4n) is 4.61. The van der Waals surface area contributed by atoms with Crippen LogP contribution in [0.1, 0.15) is 22.3 Å². The van der Waals surface area contributed by atoms with E-state index in [1.807, 2.05) is 18.2 Å². The van der Waals surface area contributed by atoms with E-state index in [-0.39, 0.29) is 0 Å². The second kappa shape index (κ2) is 11.0. The Labute approximate surface area is 221 Å². The minimum Gasteiger partial charge on any atom is -0.493 e. The van der Waals surface area contributed by atoms with Crippen LogP contribution in [0.15, 0.2) is 97.1 Å². The molecule has 5 aromatic rings. The Kier molecular flexibility index (Phi) is 7.43. The van der Waals surface area contributed by atoms with Crippen molar-refractivity contribution in [3.8, 4) is 22.8 Å². The van der Waals surface area contributed by atoms with E-state index in [4.69, 9.17) is 9.47 Å². The van der Waals surface area contributed by atoms with Crippen LogP contribution < -0.4 is 9.47 Å². The molecule has 1 heterocycles. The number of ether oxygens (including phenoxy) is 2. The first-order valence-corrected chi connectivity index (χ1v) is 13.4. The third-order valence-corrected chi connectivity index (χ3v) is 6.79. The lowest BCUT2D eigenvalue weighted by Gasteiger charge is -2.13. The molecule has 4 heteroatoms. The number of hydrogen-bond donors (Lipinski definition) is 0. The number of rotatable bonds is 9. The number of aryl methyl sites for hydroxylation is 2. The van der Waals surface area contributed by atoms with Gasteiger partial charge in [0, 0.05) is 22.8 Å². The third kappa shape index (κ3) is 5.34. The van der Waals surface area contributed by atoms with Crippen LogP contribution in [-0.4, -0.2) is 16.5 Å². The van der Waals surface area contributed by atoms with Gasteiger partial charge in [-0.2, -0.15) is 0 Å². The summed E-state index contributed by atoms with van der Waals surface area (Å²) >= 11 is 3.41. The number of aromatic nitrogens is 1. The second-order valence-corrected chi connectivity index (χ2v) is 9.85. The first-order valence-electron chi connectivity index (χ1n) is 12.3. The summed E-state index contributed by atoms with van der Waals surface area (Å²) in [5.41, 5.74) is 8.58. The Morgan fingerprint density at radius 3 is 2.17 bits per heavy atom. The summed E-state index contributed by atoms with van der Waals surface area (Å²) in [6, 6.07) is 34.0. The highest BCUT2D eigenvalue weighted by Gasteiger charge is 2.17. The summed E-state index contributed by atoms with van der Waals surface area (Å²) in [4.78, 5) is 0. The zero-order valence-corrected chi connectivity index (χ0v) is 22.3. The van der Waals surface area contributed by atoms with Crippen LogP contribution in [0.4, 0.5) is 0 Å². The molecule has 5 rings (SSSR count). The number of benzene rings is 4. The van der Waals surface area contributed by atoms with E-state index >= 15 is 0 Å². The fraction of sp³-hybridized carbons (Fsp3) is 0.188. The molecule has 0 amide bonds. The van der Waals surface area contributed by atoms with Crippen LogP contribution in [0.5, 0.6) is 11.5 Å². The predicted molar refractivity (Wildman–Crippen MR) is 152 cm³/mol. The van der Waals surface area contributed by atoms with Crippen molar-refractivity contribution in [1.29, 1.82) is 0 Å². The van der Waals surface area contributed by atoms with Crippen LogP contribution in [0.25, 0.3) is 22.2 Å². The van der Waals surface area contributed by atoms with Crippen LogP contribution in [0, 0.1) is 13.8 Å². The molecular formula is C32H30BrNO2. The maximum absolute atomic E-state index is 6.16. The van der Waals surface area contributed by atoms with Crippen LogP contribution >= 0.6 is 15.9 Å². The lowest BCUT2D eigenvalue weighted by atomic mass is 10.0. The summed E-state index contributed by atoms with van der Waals surface area (Å²) in [7, 11) is 0. The van der Waals surface area contributed by atoms with Gasteiger partial charge in [-0.3, -0.25) is 0 Å². The van der Waals surface area contributed by atoms with Gasteiger partial charge < -0.3 is 14.0 Å². The molecule has 0 N–H and O–H groups in total. The van der Waals surface area contributed by atoms with Crippen molar-refractivity contribution in [2.75, 3.05) is 11.9 Å². The number of fused-ring (bicyclic) bond motifs is 1. The number of halogens is 1. The fourth-order valence-corrected chi connectivity index (χ4v) is 4.77. The molecule has 4 aromatic carbocycles. The Morgan fingerprint density at radius 2 is 1.44 bits per heavy atom. The highest BCUT2D eigenvalue weighted by Crippen LogP contribution is 2.36. The molecule has 0 unspecified atom stereocenters. The van der Waals surface area contributed by atoms with Crippen molar-refractivity contribution >= 4 is 26.8 Å². The van der Waals surface area contributed by atoms with E-state index < -0.39 is 0 Å². The molecule has 0 saturated carbocycles. The van der Waals surface area contributed by atoms with Crippen molar-refractivity contribution in [2.45, 2.75) is 27.0 Å². The van der Waals surface area contributed by atoms with Crippen molar-refractivity contribution in [2.24, 2.45) is 0 Å². The second-order valence-electron chi connectivity index (χ2n) is 9.06. The number of alkyl halides is 1. The highest BCUT2D eigenvalue weighted by molar-refractivity contribution is 9.09. The molecule has 0 atom stereocenters. The Bertz CT molecular complexity index is 1440. The normalized spacial score (nSPS) is 11.1. The van der Waals surface area contributed by atoms with Crippen molar-refractivity contribution in [3.05, 3.63) is 119 Å². The maximum atomic E-state index is 6.16. The summed E-state index contributed by atoms with van der Waals surface area (Å²) in [6.07, 6.45) is 0. The Hall–Kier alpha value is -3.50. The van der Waals surface area contributed by atoms with E-state index in [0.29, 0.717) is 13.2 Å². The average Bonchev–Trinajstić information content (AvgIpc) is 3.18. The summed E-state index contributed by atoms with van der Waals surface area (Å²) in [5.74, 6) is 1.78. The number of hydrogen-bond acceptors (Lipinski definition) is 2. The smallest absolute Gasteiger partial charge is 0.120 e. The molecule has 0 bridgehead atoms. The van der Waals surface area contributed by atoms with Gasteiger partial charge in [0.1, 0.15) is 18.1 Å². The average molecular weight is 541 g/mol. The highest BCUT2D eigenvalue weighted by atomic mass is 79.9. The van der Waals surface area contributed by atoms with Gasteiger partial charge in [-0.15, -0.1) is 0 Å². The Balaban J connectivity index is 1.52. The van der Waals surface area contributed by atoms with E-state index in [1.54, 1.807) is 0 Å². The largest absolute Gasteiger partial charge is 0.493 e. The van der Waals surface area contributed by atoms with Crippen molar-refractivity contribution in [1.82, 2.24) is 4.57 Å². The summed E-state index contributed by atoms with van der Waals surface area (Å²) < 4.78 is 14.3. The van der Waals surface area contributed by atoms with Gasteiger partial charge >= 0.3 is 0 Å². The minimum atomic E-state index is 0.556. The molecule has 36 heavy (non-hydrogen) atoms. The zero-order valence-electron chi connectivity index (χ0n) is 20.7. The first-order chi connectivity index (χ1) is 17.6. The lowest BCUT2D eigenvalue weighted by molar-refractivity contribution is 0.306. The van der Waals surface area contributed by atoms with Gasteiger partial charge in [0.2, 0.25) is 0 Å². The molecule has 0 spiro atoms. The van der Waals surface area contributed by atoms with Crippen LogP contribution in [-0.2, 0) is 13.2 Å². The minimum absolute atomic E-state index is 0.556. The topological polar surface area (TPSA) is 23.4 Å². The van der Waals surface area contributed by atoms with Gasteiger partial charge in [-0.25, -0.2) is 0 Å². The van der Waals surface area contributed by atoms with E-state index in [9.17, 15) is 0 Å². The third-order valence-electron chi connectivity index (χ3n) is 6.47. The molecule has 0 fully saturated rings. The van der Waals surface area contributed by atoms with E-state index in [1.165, 1.54) is 38.9 Å². The summed E-state index contributed by atoms with van der Waals surface area (Å²) in [6.45, 7) is 6.33.